The van der Waals surface area contributed by atoms with Crippen LogP contribution in [0, 0.1) is 11.8 Å². The van der Waals surface area contributed by atoms with E-state index in [1.165, 1.54) is 31.5 Å². The predicted octanol–water partition coefficient (Wildman–Crippen LogP) is 1.66. The molecule has 11 heavy (non-hydrogen) atoms. The van der Waals surface area contributed by atoms with E-state index in [4.69, 9.17) is 0 Å². The average Bonchev–Trinajstić information content (AvgIpc) is 2.52. The number of hydrogen-bond donors (Lipinski definition) is 0. The van der Waals surface area contributed by atoms with Gasteiger partial charge in [0, 0.05) is 18.6 Å². The smallest absolute Gasteiger partial charge is 0.0253 e. The van der Waals surface area contributed by atoms with Crippen molar-refractivity contribution in [1.82, 2.24) is 4.90 Å². The summed E-state index contributed by atoms with van der Waals surface area (Å²) in [5.41, 5.74) is 2.00. The van der Waals surface area contributed by atoms with Crippen LogP contribution in [0.25, 0.3) is 0 Å². The molecule has 1 saturated carbocycles. The van der Waals surface area contributed by atoms with Crippen molar-refractivity contribution in [2.45, 2.75) is 25.3 Å². The summed E-state index contributed by atoms with van der Waals surface area (Å²) in [6, 6.07) is 0. The third-order valence-corrected chi connectivity index (χ3v) is 3.92. The maximum atomic E-state index is 4.09. The number of piperidine rings is 1. The van der Waals surface area contributed by atoms with Crippen LogP contribution in [-0.2, 0) is 0 Å². The van der Waals surface area contributed by atoms with Crippen LogP contribution in [0.5, 0.6) is 0 Å². The van der Waals surface area contributed by atoms with E-state index in [1.807, 2.05) is 0 Å². The van der Waals surface area contributed by atoms with Crippen molar-refractivity contribution in [3.05, 3.63) is 12.2 Å². The van der Waals surface area contributed by atoms with Gasteiger partial charge in [0.2, 0.25) is 0 Å². The van der Waals surface area contributed by atoms with E-state index in [1.54, 1.807) is 0 Å². The lowest BCUT2D eigenvalue weighted by atomic mass is 9.93. The van der Waals surface area contributed by atoms with Crippen LogP contribution in [0.4, 0.5) is 0 Å². The summed E-state index contributed by atoms with van der Waals surface area (Å²) in [7, 11) is 0. The van der Waals surface area contributed by atoms with E-state index in [9.17, 15) is 0 Å². The van der Waals surface area contributed by atoms with Gasteiger partial charge in [0.15, 0.2) is 0 Å². The molecular weight excluding hydrogens is 134 g/mol. The van der Waals surface area contributed by atoms with Crippen molar-refractivity contribution >= 4 is 0 Å². The Labute approximate surface area is 68.1 Å². The first-order valence-electron chi connectivity index (χ1n) is 4.62. The Hall–Kier alpha value is -0.300. The molecule has 0 spiro atoms. The van der Waals surface area contributed by atoms with Crippen molar-refractivity contribution in [2.24, 2.45) is 11.8 Å². The molecule has 0 unspecified atom stereocenters. The molecule has 0 bridgehead atoms. The molecule has 3 atom stereocenters. The first-order chi connectivity index (χ1) is 5.20. The summed E-state index contributed by atoms with van der Waals surface area (Å²) in [6.07, 6.45) is 2.77. The molecular formula is C10H15N. The molecule has 2 heterocycles. The number of hydrogen-bond acceptors (Lipinski definition) is 1. The summed E-state index contributed by atoms with van der Waals surface area (Å²) in [5.74, 6) is 2.09. The second kappa shape index (κ2) is 1.56. The van der Waals surface area contributed by atoms with Crippen LogP contribution in [0.3, 0.4) is 0 Å². The lowest BCUT2D eigenvalue weighted by molar-refractivity contribution is 0.179. The zero-order chi connectivity index (χ0) is 7.64. The maximum absolute atomic E-state index is 4.09. The molecule has 2 saturated heterocycles. The van der Waals surface area contributed by atoms with Gasteiger partial charge in [0.25, 0.3) is 0 Å². The van der Waals surface area contributed by atoms with E-state index >= 15 is 0 Å². The minimum Gasteiger partial charge on any atom is -0.293 e. The third kappa shape index (κ3) is 0.610. The summed E-state index contributed by atoms with van der Waals surface area (Å²) < 4.78 is 0. The van der Waals surface area contributed by atoms with E-state index in [-0.39, 0.29) is 0 Å². The normalized spacial score (nSPS) is 54.5. The minimum atomic E-state index is 0.543. The van der Waals surface area contributed by atoms with Crippen molar-refractivity contribution in [1.29, 1.82) is 0 Å². The third-order valence-electron chi connectivity index (χ3n) is 3.92. The number of nitrogens with zero attached hydrogens (tertiary/aromatic N) is 1. The lowest BCUT2D eigenvalue weighted by Crippen LogP contribution is -2.38. The summed E-state index contributed by atoms with van der Waals surface area (Å²) in [5, 5.41) is 0. The molecule has 2 aliphatic heterocycles. The van der Waals surface area contributed by atoms with Gasteiger partial charge < -0.3 is 0 Å². The zero-order valence-corrected chi connectivity index (χ0v) is 7.14. The molecule has 0 amide bonds. The maximum Gasteiger partial charge on any atom is 0.0253 e. The second-order valence-corrected chi connectivity index (χ2v) is 4.77. The topological polar surface area (TPSA) is 3.24 Å². The van der Waals surface area contributed by atoms with Gasteiger partial charge in [-0.1, -0.05) is 12.2 Å². The molecule has 3 aliphatic rings. The standard InChI is InChI=1S/C10H15N/c1-7-4-10(2)9-3-8(9)6-11(10)5-7/h8-9H,1,3-6H2,2H3/t8-,9-,10-/m1/s1. The van der Waals surface area contributed by atoms with Crippen LogP contribution in [0.2, 0.25) is 0 Å². The second-order valence-electron chi connectivity index (χ2n) is 4.77. The molecule has 0 N–H and O–H groups in total. The van der Waals surface area contributed by atoms with Gasteiger partial charge in [-0.2, -0.15) is 0 Å². The number of fused-ring (bicyclic) bond motifs is 3. The molecule has 0 radical (unpaired) electrons. The van der Waals surface area contributed by atoms with Crippen LogP contribution in [0.1, 0.15) is 19.8 Å². The molecule has 0 aromatic carbocycles. The van der Waals surface area contributed by atoms with E-state index in [2.05, 4.69) is 18.4 Å². The summed E-state index contributed by atoms with van der Waals surface area (Å²) >= 11 is 0. The molecule has 0 aromatic rings. The van der Waals surface area contributed by atoms with Crippen molar-refractivity contribution < 1.29 is 0 Å². The first kappa shape index (κ1) is 6.24. The fourth-order valence-electron chi connectivity index (χ4n) is 3.26. The summed E-state index contributed by atoms with van der Waals surface area (Å²) in [4.78, 5) is 2.65. The van der Waals surface area contributed by atoms with Gasteiger partial charge in [-0.3, -0.25) is 4.90 Å². The van der Waals surface area contributed by atoms with Crippen molar-refractivity contribution in [3.63, 3.8) is 0 Å². The monoisotopic (exact) mass is 149 g/mol. The molecule has 60 valence electrons. The zero-order valence-electron chi connectivity index (χ0n) is 7.14. The molecule has 3 fully saturated rings. The Morgan fingerprint density at radius 3 is 3.18 bits per heavy atom. The highest BCUT2D eigenvalue weighted by Crippen LogP contribution is 2.59. The van der Waals surface area contributed by atoms with Gasteiger partial charge in [0.1, 0.15) is 0 Å². The predicted molar refractivity (Wildman–Crippen MR) is 45.3 cm³/mol. The molecule has 1 aliphatic carbocycles. The molecule has 1 heteroatoms. The molecule has 0 aromatic heterocycles. The fraction of sp³-hybridized carbons (Fsp3) is 0.800. The van der Waals surface area contributed by atoms with Crippen LogP contribution >= 0.6 is 0 Å². The highest BCUT2D eigenvalue weighted by atomic mass is 15.3. The fourth-order valence-corrected chi connectivity index (χ4v) is 3.26. The highest BCUT2D eigenvalue weighted by Gasteiger charge is 2.61. The average molecular weight is 149 g/mol. The Morgan fingerprint density at radius 2 is 2.45 bits per heavy atom. The SMILES string of the molecule is C=C1CN2C[C@H]3C[C@H]3[C@@]2(C)C1. The first-order valence-corrected chi connectivity index (χ1v) is 4.62. The largest absolute Gasteiger partial charge is 0.293 e. The minimum absolute atomic E-state index is 0.543. The Bertz CT molecular complexity index is 233. The van der Waals surface area contributed by atoms with Crippen molar-refractivity contribution in [3.8, 4) is 0 Å². The Morgan fingerprint density at radius 1 is 1.64 bits per heavy atom. The van der Waals surface area contributed by atoms with E-state index in [0.717, 1.165) is 11.8 Å². The lowest BCUT2D eigenvalue weighted by Gasteiger charge is -2.29. The molecule has 3 rings (SSSR count). The number of rotatable bonds is 0. The Balaban J connectivity index is 1.98. The van der Waals surface area contributed by atoms with Crippen LogP contribution < -0.4 is 0 Å². The van der Waals surface area contributed by atoms with Crippen LogP contribution in [-0.4, -0.2) is 23.5 Å². The van der Waals surface area contributed by atoms with Gasteiger partial charge in [-0.05, 0) is 31.6 Å². The van der Waals surface area contributed by atoms with Gasteiger partial charge >= 0.3 is 0 Å². The highest BCUT2D eigenvalue weighted by molar-refractivity contribution is 5.24. The van der Waals surface area contributed by atoms with Gasteiger partial charge in [0.05, 0.1) is 0 Å². The molecule has 1 nitrogen and oxygen atoms in total. The van der Waals surface area contributed by atoms with E-state index < -0.39 is 0 Å². The quantitative estimate of drug-likeness (QED) is 0.473. The van der Waals surface area contributed by atoms with Gasteiger partial charge in [-0.15, -0.1) is 0 Å². The van der Waals surface area contributed by atoms with E-state index in [0.29, 0.717) is 5.54 Å². The van der Waals surface area contributed by atoms with Crippen molar-refractivity contribution in [2.75, 3.05) is 13.1 Å². The van der Waals surface area contributed by atoms with Gasteiger partial charge in [-0.25, -0.2) is 0 Å². The Kier molecular flexibility index (Phi) is 0.885. The van der Waals surface area contributed by atoms with Crippen LogP contribution in [0.15, 0.2) is 12.2 Å². The summed E-state index contributed by atoms with van der Waals surface area (Å²) in [6.45, 7) is 9.07.